The number of aromatic nitrogens is 3. The van der Waals surface area contributed by atoms with Gasteiger partial charge in [0.15, 0.2) is 0 Å². The highest BCUT2D eigenvalue weighted by atomic mass is 32.1. The minimum atomic E-state index is -0.479. The van der Waals surface area contributed by atoms with Crippen LogP contribution < -0.4 is 15.0 Å². The van der Waals surface area contributed by atoms with Crippen LogP contribution in [0.3, 0.4) is 0 Å². The number of ether oxygens (including phenoxy) is 2. The molecule has 1 fully saturated rings. The number of para-hydroxylation sites is 2. The predicted molar refractivity (Wildman–Crippen MR) is 132 cm³/mol. The van der Waals surface area contributed by atoms with Crippen LogP contribution in [0, 0.1) is 5.92 Å². The number of carbonyl (C=O) groups excluding carboxylic acids is 1. The van der Waals surface area contributed by atoms with Crippen molar-refractivity contribution in [3.05, 3.63) is 71.8 Å². The second-order valence-corrected chi connectivity index (χ2v) is 9.05. The van der Waals surface area contributed by atoms with Gasteiger partial charge in [-0.15, -0.1) is 5.10 Å². The van der Waals surface area contributed by atoms with Crippen LogP contribution in [0.15, 0.2) is 54.6 Å². The minimum absolute atomic E-state index is 0.136. The first-order valence-corrected chi connectivity index (χ1v) is 11.8. The monoisotopic (exact) mass is 477 g/mol. The molecule has 9 heteroatoms. The Hall–Kier alpha value is -3.30. The quantitative estimate of drug-likeness (QED) is 0.547. The molecule has 2 aromatic carbocycles. The number of amides is 1. The van der Waals surface area contributed by atoms with Gasteiger partial charge in [0.2, 0.25) is 5.82 Å². The molecule has 1 N–H and O–H groups in total. The first kappa shape index (κ1) is 22.5. The van der Waals surface area contributed by atoms with E-state index in [4.69, 9.17) is 21.7 Å². The fraction of sp³-hybridized carbons (Fsp3) is 0.360. The van der Waals surface area contributed by atoms with Crippen molar-refractivity contribution in [2.45, 2.75) is 25.4 Å². The van der Waals surface area contributed by atoms with Gasteiger partial charge in [-0.3, -0.25) is 4.79 Å². The van der Waals surface area contributed by atoms with E-state index in [-0.39, 0.29) is 18.3 Å². The number of likely N-dealkylation sites (N-methyl/N-ethyl adjacent to an activating group) is 1. The Kier molecular flexibility index (Phi) is 6.55. The fourth-order valence-electron chi connectivity index (χ4n) is 4.28. The topological polar surface area (TPSA) is 81.5 Å². The third kappa shape index (κ3) is 4.80. The molecule has 3 heterocycles. The summed E-state index contributed by atoms with van der Waals surface area (Å²) in [5.41, 5.74) is 1.99. The van der Waals surface area contributed by atoms with E-state index < -0.39 is 6.04 Å². The number of hydrogen-bond acceptors (Lipinski definition) is 6. The van der Waals surface area contributed by atoms with Crippen LogP contribution in [-0.4, -0.2) is 58.6 Å². The van der Waals surface area contributed by atoms with Gasteiger partial charge < -0.3 is 19.7 Å². The molecule has 1 amide bonds. The Balaban J connectivity index is 1.35. The van der Waals surface area contributed by atoms with Crippen molar-refractivity contribution in [2.75, 3.05) is 31.8 Å². The van der Waals surface area contributed by atoms with Gasteiger partial charge in [-0.1, -0.05) is 54.7 Å². The third-order valence-corrected chi connectivity index (χ3v) is 6.74. The molecular weight excluding hydrogens is 450 g/mol. The van der Waals surface area contributed by atoms with Gasteiger partial charge in [-0.2, -0.15) is 0 Å². The molecule has 1 aromatic heterocycles. The average Bonchev–Trinajstić information content (AvgIpc) is 3.50. The summed E-state index contributed by atoms with van der Waals surface area (Å²) >= 11 is 5.67. The van der Waals surface area contributed by atoms with Crippen LogP contribution in [0.1, 0.15) is 28.4 Å². The molecule has 0 radical (unpaired) electrons. The summed E-state index contributed by atoms with van der Waals surface area (Å²) in [4.78, 5) is 20.3. The first-order chi connectivity index (χ1) is 16.6. The SMILES string of the molecule is CN1C(=S)[C@@H](NC(=O)c2nc(Cc3ccccc3)n(CC3CCOC3)n2)COc2ccccc21. The zero-order chi connectivity index (χ0) is 23.5. The lowest BCUT2D eigenvalue weighted by Gasteiger charge is -2.23. The second-order valence-electron chi connectivity index (χ2n) is 8.63. The van der Waals surface area contributed by atoms with Gasteiger partial charge in [-0.05, 0) is 24.1 Å². The molecule has 0 spiro atoms. The van der Waals surface area contributed by atoms with Crippen molar-refractivity contribution >= 4 is 28.8 Å². The van der Waals surface area contributed by atoms with E-state index in [1.807, 2.05) is 71.2 Å². The van der Waals surface area contributed by atoms with Gasteiger partial charge in [-0.25, -0.2) is 9.67 Å². The summed E-state index contributed by atoms with van der Waals surface area (Å²) in [5.74, 6) is 1.62. The number of thiocarbonyl (C=S) groups is 1. The maximum Gasteiger partial charge on any atom is 0.291 e. The highest BCUT2D eigenvalue weighted by Crippen LogP contribution is 2.30. The molecule has 2 aliphatic heterocycles. The number of rotatable bonds is 6. The van der Waals surface area contributed by atoms with E-state index in [1.54, 1.807) is 0 Å². The van der Waals surface area contributed by atoms with Crippen molar-refractivity contribution < 1.29 is 14.3 Å². The smallest absolute Gasteiger partial charge is 0.291 e. The number of nitrogens with one attached hydrogen (secondary N) is 1. The standard InChI is InChI=1S/C25H27N5O3S/c1-29-20-9-5-6-10-21(20)33-16-19(25(29)34)26-24(31)23-27-22(13-17-7-3-2-4-8-17)30(28-23)14-18-11-12-32-15-18/h2-10,18-19H,11-16H2,1H3,(H,26,31)/t18?,19-/m0/s1. The normalized spacial score (nSPS) is 19.9. The van der Waals surface area contributed by atoms with Gasteiger partial charge in [0.25, 0.3) is 5.91 Å². The molecule has 8 nitrogen and oxygen atoms in total. The lowest BCUT2D eigenvalue weighted by atomic mass is 10.1. The highest BCUT2D eigenvalue weighted by molar-refractivity contribution is 7.80. The summed E-state index contributed by atoms with van der Waals surface area (Å²) in [6.07, 6.45) is 1.57. The lowest BCUT2D eigenvalue weighted by Crippen LogP contribution is -2.48. The number of nitrogens with zero attached hydrogens (tertiary/aromatic N) is 4. The molecule has 1 saturated heterocycles. The Bertz CT molecular complexity index is 1180. The van der Waals surface area contributed by atoms with E-state index in [0.29, 0.717) is 30.5 Å². The molecule has 176 valence electrons. The number of fused-ring (bicyclic) bond motifs is 1. The summed E-state index contributed by atoms with van der Waals surface area (Å²) in [7, 11) is 1.88. The Morgan fingerprint density at radius 1 is 1.15 bits per heavy atom. The largest absolute Gasteiger partial charge is 0.489 e. The predicted octanol–water partition coefficient (Wildman–Crippen LogP) is 2.86. The molecule has 5 rings (SSSR count). The van der Waals surface area contributed by atoms with E-state index in [0.717, 1.165) is 35.9 Å². The van der Waals surface area contributed by atoms with Crippen molar-refractivity contribution in [3.63, 3.8) is 0 Å². The summed E-state index contributed by atoms with van der Waals surface area (Å²) in [6, 6.07) is 17.3. The van der Waals surface area contributed by atoms with Crippen molar-refractivity contribution in [3.8, 4) is 5.75 Å². The van der Waals surface area contributed by atoms with Crippen molar-refractivity contribution in [1.82, 2.24) is 20.1 Å². The molecule has 0 saturated carbocycles. The first-order valence-electron chi connectivity index (χ1n) is 11.4. The van der Waals surface area contributed by atoms with E-state index in [2.05, 4.69) is 15.4 Å². The Morgan fingerprint density at radius 2 is 1.94 bits per heavy atom. The van der Waals surface area contributed by atoms with Crippen LogP contribution >= 0.6 is 12.2 Å². The molecule has 3 aromatic rings. The van der Waals surface area contributed by atoms with E-state index in [1.165, 1.54) is 0 Å². The van der Waals surface area contributed by atoms with E-state index >= 15 is 0 Å². The summed E-state index contributed by atoms with van der Waals surface area (Å²) in [6.45, 7) is 2.37. The van der Waals surface area contributed by atoms with Gasteiger partial charge in [0.05, 0.1) is 12.3 Å². The maximum atomic E-state index is 13.2. The van der Waals surface area contributed by atoms with Crippen LogP contribution in [-0.2, 0) is 17.7 Å². The molecule has 0 aliphatic carbocycles. The fourth-order valence-corrected chi connectivity index (χ4v) is 4.50. The van der Waals surface area contributed by atoms with Gasteiger partial charge >= 0.3 is 0 Å². The maximum absolute atomic E-state index is 13.2. The van der Waals surface area contributed by atoms with Crippen LogP contribution in [0.4, 0.5) is 5.69 Å². The highest BCUT2D eigenvalue weighted by Gasteiger charge is 2.29. The number of anilines is 1. The molecule has 2 atom stereocenters. The molecule has 1 unspecified atom stereocenters. The zero-order valence-electron chi connectivity index (χ0n) is 19.0. The number of benzene rings is 2. The van der Waals surface area contributed by atoms with Crippen molar-refractivity contribution in [2.24, 2.45) is 5.92 Å². The zero-order valence-corrected chi connectivity index (χ0v) is 19.8. The van der Waals surface area contributed by atoms with Gasteiger partial charge in [0, 0.05) is 32.5 Å². The Labute approximate surface area is 203 Å². The minimum Gasteiger partial charge on any atom is -0.489 e. The Morgan fingerprint density at radius 3 is 2.74 bits per heavy atom. The summed E-state index contributed by atoms with van der Waals surface area (Å²) < 4.78 is 13.3. The third-order valence-electron chi connectivity index (χ3n) is 6.18. The lowest BCUT2D eigenvalue weighted by molar-refractivity contribution is 0.0926. The molecule has 0 bridgehead atoms. The van der Waals surface area contributed by atoms with Crippen molar-refractivity contribution in [1.29, 1.82) is 0 Å². The average molecular weight is 478 g/mol. The second kappa shape index (κ2) is 9.90. The van der Waals surface area contributed by atoms with Crippen LogP contribution in [0.2, 0.25) is 0 Å². The van der Waals surface area contributed by atoms with E-state index in [9.17, 15) is 4.79 Å². The molecular formula is C25H27N5O3S. The van der Waals surface area contributed by atoms with Gasteiger partial charge in [0.1, 0.15) is 29.2 Å². The van der Waals surface area contributed by atoms with Crippen LogP contribution in [0.25, 0.3) is 0 Å². The summed E-state index contributed by atoms with van der Waals surface area (Å²) in [5, 5.41) is 7.56. The van der Waals surface area contributed by atoms with Crippen LogP contribution in [0.5, 0.6) is 5.75 Å². The number of hydrogen-bond donors (Lipinski definition) is 1. The molecule has 34 heavy (non-hydrogen) atoms. The molecule has 2 aliphatic rings. The number of carbonyl (C=O) groups is 1.